The van der Waals surface area contributed by atoms with Gasteiger partial charge in [0.1, 0.15) is 0 Å². The van der Waals surface area contributed by atoms with Crippen molar-refractivity contribution in [3.8, 4) is 11.3 Å². The maximum atomic E-state index is 11.3. The number of hydrogen-bond donors (Lipinski definition) is 2. The Morgan fingerprint density at radius 2 is 1.27 bits per heavy atom. The topological polar surface area (TPSA) is 53.4 Å². The third kappa shape index (κ3) is 6.98. The second kappa shape index (κ2) is 14.7. The van der Waals surface area contributed by atoms with Crippen molar-refractivity contribution in [1.82, 2.24) is 4.98 Å². The maximum Gasteiger partial charge on any atom is 0.0626 e. The average Bonchev–Trinajstić information content (AvgIpc) is 3.26. The summed E-state index contributed by atoms with van der Waals surface area (Å²) in [5, 5.41) is 24.9. The monoisotopic (exact) mass is 731 g/mol. The minimum atomic E-state index is -0.232. The number of aliphatic hydroxyl groups excluding tert-OH is 2. The van der Waals surface area contributed by atoms with Gasteiger partial charge in [-0.3, -0.25) is 0 Å². The summed E-state index contributed by atoms with van der Waals surface area (Å²) >= 11 is 0. The predicted octanol–water partition coefficient (Wildman–Crippen LogP) is 8.62. The van der Waals surface area contributed by atoms with Crippen molar-refractivity contribution in [2.75, 3.05) is 0 Å². The Morgan fingerprint density at radius 1 is 0.634 bits per heavy atom. The number of aromatic nitrogens is 1. The molecule has 6 atom stereocenters. The third-order valence-corrected chi connectivity index (χ3v) is 11.0. The van der Waals surface area contributed by atoms with E-state index >= 15 is 0 Å². The van der Waals surface area contributed by atoms with Gasteiger partial charge in [0, 0.05) is 32.2 Å². The number of fused-ring (bicyclic) bond motifs is 2. The summed E-state index contributed by atoms with van der Waals surface area (Å²) in [5.41, 5.74) is 2.04. The molecule has 4 fully saturated rings. The zero-order chi connectivity index (χ0) is 27.3. The van der Waals surface area contributed by atoms with Crippen molar-refractivity contribution in [1.29, 1.82) is 0 Å². The predicted molar refractivity (Wildman–Crippen MR) is 164 cm³/mol. The van der Waals surface area contributed by atoms with Gasteiger partial charge in [-0.15, -0.1) is 35.9 Å². The average molecular weight is 731 g/mol. The molecule has 0 amide bonds. The van der Waals surface area contributed by atoms with Gasteiger partial charge in [0.05, 0.1) is 12.2 Å². The number of rotatable bonds is 3. The van der Waals surface area contributed by atoms with Gasteiger partial charge in [0.2, 0.25) is 0 Å². The van der Waals surface area contributed by atoms with E-state index < -0.39 is 0 Å². The number of aliphatic hydroxyl groups is 2. The quantitative estimate of drug-likeness (QED) is 0.266. The van der Waals surface area contributed by atoms with Gasteiger partial charge in [-0.2, -0.15) is 0 Å². The first-order chi connectivity index (χ1) is 19.7. The number of nitrogens with zero attached hydrogens (tertiary/aromatic N) is 1. The third-order valence-electron chi connectivity index (χ3n) is 11.0. The maximum absolute atomic E-state index is 11.3. The second-order valence-corrected chi connectivity index (χ2v) is 13.3. The minimum absolute atomic E-state index is 0. The van der Waals surface area contributed by atoms with E-state index in [0.29, 0.717) is 17.8 Å². The van der Waals surface area contributed by atoms with E-state index in [1.54, 1.807) is 0 Å². The Balaban J connectivity index is 0.000000173. The summed E-state index contributed by atoms with van der Waals surface area (Å²) in [6.45, 7) is 0. The molecule has 1 aromatic heterocycles. The van der Waals surface area contributed by atoms with Crippen LogP contribution in [-0.4, -0.2) is 27.4 Å². The van der Waals surface area contributed by atoms with Gasteiger partial charge in [-0.05, 0) is 71.4 Å². The van der Waals surface area contributed by atoms with E-state index in [4.69, 9.17) is 0 Å². The van der Waals surface area contributed by atoms with E-state index in [-0.39, 0.29) is 38.2 Å². The first kappa shape index (κ1) is 30.9. The molecule has 4 aliphatic carbocycles. The Morgan fingerprint density at radius 3 is 1.98 bits per heavy atom. The van der Waals surface area contributed by atoms with Crippen molar-refractivity contribution >= 4 is 10.8 Å². The van der Waals surface area contributed by atoms with Gasteiger partial charge in [0.25, 0.3) is 0 Å². The summed E-state index contributed by atoms with van der Waals surface area (Å²) in [7, 11) is 0. The first-order valence-corrected chi connectivity index (χ1v) is 16.4. The van der Waals surface area contributed by atoms with E-state index in [2.05, 4.69) is 23.2 Å². The molecule has 41 heavy (non-hydrogen) atoms. The van der Waals surface area contributed by atoms with Crippen LogP contribution >= 0.6 is 0 Å². The van der Waals surface area contributed by atoms with Crippen LogP contribution in [0.15, 0.2) is 60.8 Å². The fourth-order valence-electron chi connectivity index (χ4n) is 9.06. The smallest absolute Gasteiger partial charge is 0.0626 e. The van der Waals surface area contributed by atoms with Gasteiger partial charge in [0.15, 0.2) is 0 Å². The molecule has 7 rings (SSSR count). The molecule has 3 nitrogen and oxygen atoms in total. The van der Waals surface area contributed by atoms with Gasteiger partial charge in [-0.25, -0.2) is 0 Å². The number of hydrogen-bond acceptors (Lipinski definition) is 3. The molecular formula is C37H48IrNO2-. The summed E-state index contributed by atoms with van der Waals surface area (Å²) in [6, 6.07) is 21.4. The van der Waals surface area contributed by atoms with Crippen LogP contribution in [0.25, 0.3) is 22.0 Å². The first-order valence-electron chi connectivity index (χ1n) is 16.4. The van der Waals surface area contributed by atoms with Gasteiger partial charge >= 0.3 is 0 Å². The number of benzene rings is 2. The van der Waals surface area contributed by atoms with Crippen molar-refractivity contribution in [2.24, 2.45) is 35.5 Å². The number of pyridine rings is 1. The van der Waals surface area contributed by atoms with Crippen molar-refractivity contribution in [3.05, 3.63) is 66.9 Å². The SMILES string of the molecule is OC1C2C(CCC[C@@H]1C1CCCCC1)C[C@H](C1CCCCC1)C2O.[Ir].[c-]1ccccc1-c1nccc2ccccc12. The standard InChI is InChI=1S/C22H38O2.C15H10N.Ir/c23-21-18(15-8-3-1-4-9-15)13-7-12-17-14-19(22(24)20(17)21)16-10-5-2-6-11-16;1-2-7-13(8-3-1)15-14-9-5-4-6-12(14)10-11-16-15;/h15-24H,1-14H2;1-7,9-11H;/q;-1;/t17?,18-,19-,20?,21?,22?;;/m1../s1. The molecule has 0 bridgehead atoms. The molecule has 1 radical (unpaired) electrons. The molecular weight excluding hydrogens is 683 g/mol. The Hall–Kier alpha value is -1.58. The molecule has 4 saturated carbocycles. The van der Waals surface area contributed by atoms with Crippen LogP contribution in [0.3, 0.4) is 0 Å². The van der Waals surface area contributed by atoms with E-state index in [0.717, 1.165) is 23.1 Å². The molecule has 2 N–H and O–H groups in total. The molecule has 0 spiro atoms. The van der Waals surface area contributed by atoms with Gasteiger partial charge in [-0.1, -0.05) is 94.9 Å². The van der Waals surface area contributed by atoms with Crippen molar-refractivity contribution in [3.63, 3.8) is 0 Å². The summed E-state index contributed by atoms with van der Waals surface area (Å²) in [5.74, 6) is 3.21. The zero-order valence-corrected chi connectivity index (χ0v) is 26.9. The summed E-state index contributed by atoms with van der Waals surface area (Å²) in [4.78, 5) is 4.45. The molecule has 2 aromatic carbocycles. The molecule has 3 aromatic rings. The Labute approximate surface area is 260 Å². The molecule has 4 heteroatoms. The van der Waals surface area contributed by atoms with E-state index in [1.165, 1.54) is 101 Å². The largest absolute Gasteiger partial charge is 0.392 e. The van der Waals surface area contributed by atoms with Crippen molar-refractivity contribution < 1.29 is 30.3 Å². The van der Waals surface area contributed by atoms with Gasteiger partial charge < -0.3 is 15.2 Å². The van der Waals surface area contributed by atoms with Crippen LogP contribution in [0.5, 0.6) is 0 Å². The van der Waals surface area contributed by atoms with Crippen LogP contribution in [-0.2, 0) is 20.1 Å². The second-order valence-electron chi connectivity index (χ2n) is 13.3. The fourth-order valence-corrected chi connectivity index (χ4v) is 9.06. The van der Waals surface area contributed by atoms with Crippen LogP contribution in [0, 0.1) is 41.6 Å². The Kier molecular flexibility index (Phi) is 11.1. The molecule has 4 unspecified atom stereocenters. The Bertz CT molecular complexity index is 1200. The normalized spacial score (nSPS) is 30.9. The minimum Gasteiger partial charge on any atom is -0.392 e. The van der Waals surface area contributed by atoms with Crippen LogP contribution in [0.2, 0.25) is 0 Å². The van der Waals surface area contributed by atoms with E-state index in [9.17, 15) is 10.2 Å². The van der Waals surface area contributed by atoms with Crippen LogP contribution < -0.4 is 0 Å². The van der Waals surface area contributed by atoms with Crippen LogP contribution in [0.4, 0.5) is 0 Å². The van der Waals surface area contributed by atoms with E-state index in [1.807, 2.05) is 48.7 Å². The van der Waals surface area contributed by atoms with Crippen LogP contribution in [0.1, 0.15) is 89.9 Å². The summed E-state index contributed by atoms with van der Waals surface area (Å²) in [6.07, 6.45) is 19.8. The molecule has 1 heterocycles. The molecule has 4 aliphatic rings. The molecule has 0 saturated heterocycles. The van der Waals surface area contributed by atoms with Crippen molar-refractivity contribution in [2.45, 2.75) is 102 Å². The summed E-state index contributed by atoms with van der Waals surface area (Å²) < 4.78 is 0. The fraction of sp³-hybridized carbons (Fsp3) is 0.595. The molecule has 223 valence electrons. The molecule has 0 aliphatic heterocycles. The zero-order valence-electron chi connectivity index (χ0n) is 24.5.